The molecule has 16 rings (SSSR count). The van der Waals surface area contributed by atoms with Crippen LogP contribution < -0.4 is 47.4 Å². The lowest BCUT2D eigenvalue weighted by Gasteiger charge is -2.43. The second-order valence-corrected chi connectivity index (χ2v) is 24.1. The molecule has 0 saturated carbocycles. The van der Waals surface area contributed by atoms with Crippen LogP contribution in [0.3, 0.4) is 0 Å². The summed E-state index contributed by atoms with van der Waals surface area (Å²) in [5.41, 5.74) is -21.4. The van der Waals surface area contributed by atoms with E-state index in [9.17, 15) is 35.6 Å². The van der Waals surface area contributed by atoms with E-state index in [0.717, 1.165) is 24.3 Å². The predicted octanol–water partition coefficient (Wildman–Crippen LogP) is 23.5. The molecule has 0 spiro atoms. The Balaban J connectivity index is 1.16. The molecule has 0 N–H and O–H groups in total. The fraction of sp³-hybridized carbons (Fsp3) is 0.150. The Morgan fingerprint density at radius 3 is 1.14 bits per heavy atom. The van der Waals surface area contributed by atoms with Crippen LogP contribution in [-0.4, -0.2) is 18.2 Å². The van der Waals surface area contributed by atoms with Crippen LogP contribution in [0.25, 0.3) is 0 Å². The number of fused-ring (bicyclic) bond motifs is 2. The SMILES string of the molecule is [2H]c1c([2H])c([2H])c(C([2H])([2H])Oc2ccc([C@H]3Oc4c(Br)c(OC([2H])([2H])c5c([2H])c([2H])c([2H])c([2H])c5[2H])cc(OC([2H])([2H])c5c([2H])c([2H])c([2H])c([2H])c5[2H])c4[C@@H](c4c(OC([2H])([2H])c5c([2H])c([2H])c([2H])c([2H])c5[2H])c(Cl)c5c(c4OC([2H])([2H])c4c([2H])c([2H])c([2H])c([2H])c4[2H])C[C@H](OC([2H])([2H])c4c([2H])c([2H])c([2H])c([2H])c4[2H])[C@@H](c4ccc(OC([2H])([2H])c6c([2H])c([2H])c([2H])c([2H])c6[2H])c(OC([2H])([2H])c6c([2H])c([2H])c([2H])c([2H])c6[2H])c4)O5)[C@@H]3OC(=O)c3ccccc3)cc2OC([2H])([2H])c2c([2H])c([2H])c([2H])c([2H])c2[2H])c([2H])c1[2H]. The summed E-state index contributed by atoms with van der Waals surface area (Å²) in [6, 6.07) is -53.8. The number of halogens is 2. The van der Waals surface area contributed by atoms with Gasteiger partial charge in [-0.25, -0.2) is 4.79 Å². The molecule has 15 heteroatoms. The van der Waals surface area contributed by atoms with E-state index in [2.05, 4.69) is 15.9 Å². The van der Waals surface area contributed by atoms with Gasteiger partial charge in [0.15, 0.2) is 41.3 Å². The number of rotatable bonds is 32. The fourth-order valence-corrected chi connectivity index (χ4v) is 11.8. The second-order valence-electron chi connectivity index (χ2n) is 22.9. The van der Waals surface area contributed by atoms with Crippen molar-refractivity contribution in [2.45, 2.75) is 95.8 Å². The number of hydrogen-bond acceptors (Lipinski definition) is 13. The Morgan fingerprint density at radius 1 is 0.374 bits per heavy atom. The molecule has 5 atom stereocenters. The van der Waals surface area contributed by atoms with Gasteiger partial charge in [-0.15, -0.1) is 0 Å². The predicted molar refractivity (Wildman–Crippen MR) is 448 cm³/mol. The van der Waals surface area contributed by atoms with Crippen molar-refractivity contribution >= 4 is 33.5 Å². The molecular weight excluding hydrogens is 1520 g/mol. The van der Waals surface area contributed by atoms with Gasteiger partial charge in [-0.3, -0.25) is 0 Å². The van der Waals surface area contributed by atoms with Crippen LogP contribution in [0.1, 0.15) is 193 Å². The lowest BCUT2D eigenvalue weighted by molar-refractivity contribution is -0.0470. The van der Waals surface area contributed by atoms with Gasteiger partial charge in [0.2, 0.25) is 0 Å². The first-order valence-electron chi connectivity index (χ1n) is 64.5. The third kappa shape index (κ3) is 18.8. The van der Waals surface area contributed by atoms with Crippen molar-refractivity contribution in [2.24, 2.45) is 0 Å². The number of carbonyl (C=O) groups is 1. The highest BCUT2D eigenvalue weighted by Crippen LogP contribution is 2.63. The van der Waals surface area contributed by atoms with Gasteiger partial charge in [0.1, 0.15) is 103 Å². The number of benzene rings is 14. The quantitative estimate of drug-likeness (QED) is 0.0372. The maximum Gasteiger partial charge on any atom is 0.338 e. The molecule has 2 aliphatic rings. The molecule has 115 heavy (non-hydrogen) atoms. The van der Waals surface area contributed by atoms with Crippen molar-refractivity contribution in [1.82, 2.24) is 0 Å². The Morgan fingerprint density at radius 2 is 0.722 bits per heavy atom. The Hall–Kier alpha value is -12.7. The average Bonchev–Trinajstić information content (AvgIpc) is 0.697. The van der Waals surface area contributed by atoms with Crippen LogP contribution in [0.2, 0.25) is 5.02 Å². The molecule has 0 fully saturated rings. The minimum absolute atomic E-state index is 0.254. The Bertz CT molecular complexity index is 9100. The maximum absolute atomic E-state index is 16.7. The summed E-state index contributed by atoms with van der Waals surface area (Å²) in [4.78, 5) is 16.7. The van der Waals surface area contributed by atoms with Gasteiger partial charge in [-0.2, -0.15) is 0 Å². The summed E-state index contributed by atoms with van der Waals surface area (Å²) in [6.45, 7) is -37.9. The molecule has 0 saturated heterocycles. The molecule has 0 unspecified atom stereocenters. The maximum atomic E-state index is 16.7. The van der Waals surface area contributed by atoms with Crippen molar-refractivity contribution in [3.05, 3.63) is 438 Å². The van der Waals surface area contributed by atoms with Crippen LogP contribution >= 0.6 is 27.5 Å². The summed E-state index contributed by atoms with van der Waals surface area (Å²) in [6.07, 6.45) is -14.1. The van der Waals surface area contributed by atoms with Crippen LogP contribution in [0.15, 0.2) is 349 Å². The molecule has 0 aromatic heterocycles. The number of ether oxygens (including phenoxy) is 12. The number of carbonyl (C=O) groups excluding carboxylic acids is 1. The van der Waals surface area contributed by atoms with E-state index in [1.807, 2.05) is 0 Å². The largest absolute Gasteiger partial charge is 0.488 e. The van der Waals surface area contributed by atoms with Gasteiger partial charge in [-0.05, 0) is 108 Å². The lowest BCUT2D eigenvalue weighted by Crippen LogP contribution is -2.40. The zero-order valence-electron chi connectivity index (χ0n) is 121. The zero-order chi connectivity index (χ0) is 133. The smallest absolute Gasteiger partial charge is 0.338 e. The molecule has 0 aliphatic carbocycles. The summed E-state index contributed by atoms with van der Waals surface area (Å²) in [5.74, 6) is -21.0. The van der Waals surface area contributed by atoms with Gasteiger partial charge >= 0.3 is 5.97 Å². The monoisotopic (exact) mass is 1670 g/mol. The molecule has 14 aromatic carbocycles. The van der Waals surface area contributed by atoms with E-state index in [4.69, 9.17) is 119 Å². The molecule has 13 nitrogen and oxygen atoms in total. The average molecular weight is 1670 g/mol. The molecule has 574 valence electrons. The molecule has 2 heterocycles. The van der Waals surface area contributed by atoms with E-state index >= 15 is 4.79 Å². The number of esters is 1. The van der Waals surface area contributed by atoms with Crippen molar-refractivity contribution in [1.29, 1.82) is 0 Å². The minimum Gasteiger partial charge on any atom is -0.488 e. The summed E-state index contributed by atoms with van der Waals surface area (Å²) in [7, 11) is 0. The standard InChI is InChI=1S/C100H82BrClO13/c101-91-86(109-64-73-41-21-6-22-42-73)58-85(108-63-72-39-19-5-20-40-72)88-89(99(115-100(103)77-49-29-10-30-50-77)94(114-97(88)91)79-52-54-82(105-60-69-33-13-2-14-34-69)84(56-79)107-62-71-37-17-4-18-38-71)90-95(111-66-75-45-25-8-26-46-75)80-57-87(110-65-74-43-23-7-24-44-74)93(113-96(80)92(102)98(90)112-67-76-47-27-9-28-48-76)78-51-53-81(104-59-68-31-11-1-12-32-68)83(55-78)106-61-70-35-15-3-16-36-70/h1-56,58,87,89,93-94,99H,57,59-67H2/t87-,89-,93+,94+,99-/m0/s1/i1D,2D,3D,4D,5D,6D,7D,8D,9D,11D,12D,13D,14D,15D,16D,17D,18D,19D,20D,21D,22D,23D,24D,25D,26D,27D,28D,31D,32D,33D,34D,35D,36D,37D,38D,39D,40D,41D,42D,43D,44D,45D,46D,47D,48D,59D2,60D2,61D2,62D2,63D2,64D2,65D2,66D2,67D2. The molecule has 2 aliphatic heterocycles. The Labute approximate surface area is 771 Å². The Kier molecular flexibility index (Phi) is 10.5. The fourth-order valence-electron chi connectivity index (χ4n) is 11.0. The van der Waals surface area contributed by atoms with Gasteiger partial charge < -0.3 is 56.8 Å². The van der Waals surface area contributed by atoms with Crippen LogP contribution in [0.4, 0.5) is 0 Å². The van der Waals surface area contributed by atoms with E-state index in [0.29, 0.717) is 36.4 Å². The first-order chi connectivity index (χ1) is 82.0. The third-order valence-corrected chi connectivity index (χ3v) is 16.9. The number of hydrogen-bond donors (Lipinski definition) is 0. The highest BCUT2D eigenvalue weighted by atomic mass is 79.9. The van der Waals surface area contributed by atoms with Crippen LogP contribution in [0.5, 0.6) is 57.5 Å². The van der Waals surface area contributed by atoms with Crippen molar-refractivity contribution in [3.8, 4) is 57.5 Å². The van der Waals surface area contributed by atoms with Gasteiger partial charge in [0.25, 0.3) is 0 Å². The lowest BCUT2D eigenvalue weighted by atomic mass is 9.77. The van der Waals surface area contributed by atoms with Crippen molar-refractivity contribution in [3.63, 3.8) is 0 Å². The highest BCUT2D eigenvalue weighted by Gasteiger charge is 2.51. The second kappa shape index (κ2) is 37.3. The van der Waals surface area contributed by atoms with Gasteiger partial charge in [-0.1, -0.05) is 314 Å². The molecule has 0 bridgehead atoms. The topological polar surface area (TPSA) is 128 Å². The van der Waals surface area contributed by atoms with E-state index < -0.39 is 524 Å². The van der Waals surface area contributed by atoms with Crippen LogP contribution in [0, 0.1) is 0 Å². The first kappa shape index (κ1) is 32.3. The minimum atomic E-state index is -4.61. The van der Waals surface area contributed by atoms with Crippen LogP contribution in [-0.2, 0) is 74.9 Å². The van der Waals surface area contributed by atoms with E-state index in [-0.39, 0.29) is 6.07 Å². The van der Waals surface area contributed by atoms with Gasteiger partial charge in [0.05, 0.1) is 104 Å². The zero-order valence-corrected chi connectivity index (χ0v) is 59.9. The first-order valence-corrected chi connectivity index (χ1v) is 34.2. The van der Waals surface area contributed by atoms with Gasteiger partial charge in [0, 0.05) is 34.7 Å². The molecule has 14 aromatic rings. The summed E-state index contributed by atoms with van der Waals surface area (Å²) >= 11 is 11.5. The van der Waals surface area contributed by atoms with Crippen molar-refractivity contribution in [2.75, 3.05) is 0 Å². The van der Waals surface area contributed by atoms with E-state index in [1.165, 1.54) is 6.07 Å². The molecular formula is C100H82BrClO13. The molecule has 0 radical (unpaired) electrons. The third-order valence-electron chi connectivity index (χ3n) is 15.9. The summed E-state index contributed by atoms with van der Waals surface area (Å²) in [5, 5.41) is -1.71. The molecule has 0 amide bonds. The van der Waals surface area contributed by atoms with Crippen molar-refractivity contribution < 1.29 is 148 Å². The van der Waals surface area contributed by atoms with E-state index in [1.54, 1.807) is 0 Å². The highest BCUT2D eigenvalue weighted by molar-refractivity contribution is 9.10. The normalized spacial score (nSPS) is 24.2. The summed E-state index contributed by atoms with van der Waals surface area (Å²) < 4.78 is 658.